The van der Waals surface area contributed by atoms with E-state index in [2.05, 4.69) is 6.92 Å². The van der Waals surface area contributed by atoms with Gasteiger partial charge in [0.05, 0.1) is 13.2 Å². The molecule has 0 radical (unpaired) electrons. The van der Waals surface area contributed by atoms with Crippen molar-refractivity contribution in [3.05, 3.63) is 11.9 Å². The first-order valence-corrected chi connectivity index (χ1v) is 7.86. The Labute approximate surface area is 99.8 Å². The molecule has 0 aromatic carbocycles. The van der Waals surface area contributed by atoms with Crippen LogP contribution in [0.3, 0.4) is 0 Å². The van der Waals surface area contributed by atoms with E-state index in [0.29, 0.717) is 13.2 Å². The van der Waals surface area contributed by atoms with Gasteiger partial charge in [-0.15, -0.1) is 0 Å². The number of hydrogen-bond acceptors (Lipinski definition) is 3. The monoisotopic (exact) mass is 248 g/mol. The normalized spacial score (nSPS) is 12.4. The van der Waals surface area contributed by atoms with Gasteiger partial charge < -0.3 is 9.05 Å². The highest BCUT2D eigenvalue weighted by Gasteiger charge is 2.18. The molecule has 0 saturated heterocycles. The Balaban J connectivity index is 3.89. The fourth-order valence-electron chi connectivity index (χ4n) is 1.38. The number of unbranched alkanes of at least 4 members (excludes halogenated alkanes) is 4. The Bertz CT molecular complexity index is 216. The molecule has 0 spiro atoms. The zero-order chi connectivity index (χ0) is 12.3. The van der Waals surface area contributed by atoms with Crippen LogP contribution in [-0.2, 0) is 13.6 Å². The van der Waals surface area contributed by atoms with E-state index in [0.717, 1.165) is 12.8 Å². The average Bonchev–Trinajstić information content (AvgIpc) is 2.24. The lowest BCUT2D eigenvalue weighted by Crippen LogP contribution is -1.92. The number of rotatable bonds is 10. The van der Waals surface area contributed by atoms with Crippen LogP contribution in [0.5, 0.6) is 0 Å². The Morgan fingerprint density at radius 1 is 1.00 bits per heavy atom. The van der Waals surface area contributed by atoms with Crippen LogP contribution in [0.15, 0.2) is 11.9 Å². The van der Waals surface area contributed by atoms with Gasteiger partial charge in [-0.05, 0) is 26.7 Å². The van der Waals surface area contributed by atoms with Gasteiger partial charge in [0, 0.05) is 5.82 Å². The molecule has 96 valence electrons. The summed E-state index contributed by atoms with van der Waals surface area (Å²) in [6.45, 7) is 6.66. The molecule has 0 saturated carbocycles. The summed E-state index contributed by atoms with van der Waals surface area (Å²) in [5, 5.41) is 0. The lowest BCUT2D eigenvalue weighted by Gasteiger charge is -2.12. The first kappa shape index (κ1) is 15.9. The second-order valence-corrected chi connectivity index (χ2v) is 5.50. The van der Waals surface area contributed by atoms with Crippen LogP contribution in [0.1, 0.15) is 52.9 Å². The molecule has 0 aromatic heterocycles. The average molecular weight is 248 g/mol. The summed E-state index contributed by atoms with van der Waals surface area (Å²) in [5.41, 5.74) is 0. The van der Waals surface area contributed by atoms with Crippen molar-refractivity contribution < 1.29 is 13.6 Å². The first-order valence-electron chi connectivity index (χ1n) is 6.25. The third-order valence-corrected chi connectivity index (χ3v) is 3.94. The highest BCUT2D eigenvalue weighted by Crippen LogP contribution is 2.49. The van der Waals surface area contributed by atoms with Gasteiger partial charge in [-0.2, -0.15) is 0 Å². The van der Waals surface area contributed by atoms with Gasteiger partial charge >= 0.3 is 7.60 Å². The predicted molar refractivity (Wildman–Crippen MR) is 68.8 cm³/mol. The van der Waals surface area contributed by atoms with Crippen molar-refractivity contribution in [2.75, 3.05) is 13.2 Å². The van der Waals surface area contributed by atoms with Crippen LogP contribution in [-0.4, -0.2) is 13.2 Å². The SMILES string of the molecule is CCCCCC/C=C/P(=O)(OCC)OCC. The predicted octanol–water partition coefficient (Wildman–Crippen LogP) is 4.74. The molecule has 4 heteroatoms. The minimum atomic E-state index is -2.96. The summed E-state index contributed by atoms with van der Waals surface area (Å²) in [5.74, 6) is 1.60. The van der Waals surface area contributed by atoms with E-state index < -0.39 is 7.60 Å². The fraction of sp³-hybridized carbons (Fsp3) is 0.833. The summed E-state index contributed by atoms with van der Waals surface area (Å²) < 4.78 is 22.3. The van der Waals surface area contributed by atoms with E-state index in [9.17, 15) is 4.57 Å². The summed E-state index contributed by atoms with van der Waals surface area (Å²) in [4.78, 5) is 0. The largest absolute Gasteiger partial charge is 0.353 e. The van der Waals surface area contributed by atoms with E-state index >= 15 is 0 Å². The molecule has 0 bridgehead atoms. The van der Waals surface area contributed by atoms with E-state index in [1.54, 1.807) is 5.82 Å². The molecule has 3 nitrogen and oxygen atoms in total. The smallest absolute Gasteiger partial charge is 0.306 e. The van der Waals surface area contributed by atoms with Crippen LogP contribution >= 0.6 is 7.60 Å². The van der Waals surface area contributed by atoms with Gasteiger partial charge in [-0.25, -0.2) is 0 Å². The van der Waals surface area contributed by atoms with Crippen molar-refractivity contribution in [1.29, 1.82) is 0 Å². The van der Waals surface area contributed by atoms with Crippen molar-refractivity contribution in [3.63, 3.8) is 0 Å². The fourth-order valence-corrected chi connectivity index (χ4v) is 2.75. The Hall–Kier alpha value is -0.110. The Morgan fingerprint density at radius 3 is 2.12 bits per heavy atom. The third kappa shape index (κ3) is 8.09. The first-order chi connectivity index (χ1) is 7.68. The van der Waals surface area contributed by atoms with Gasteiger partial charge in [-0.1, -0.05) is 32.3 Å². The van der Waals surface area contributed by atoms with Crippen molar-refractivity contribution in [3.8, 4) is 0 Å². The maximum atomic E-state index is 12.0. The molecule has 0 fully saturated rings. The third-order valence-electron chi connectivity index (χ3n) is 2.13. The quantitative estimate of drug-likeness (QED) is 0.414. The lowest BCUT2D eigenvalue weighted by molar-refractivity contribution is 0.229. The molecule has 0 aliphatic carbocycles. The summed E-state index contributed by atoms with van der Waals surface area (Å²) >= 11 is 0. The van der Waals surface area contributed by atoms with Crippen LogP contribution in [0, 0.1) is 0 Å². The van der Waals surface area contributed by atoms with Crippen molar-refractivity contribution >= 4 is 7.60 Å². The molecule has 0 amide bonds. The van der Waals surface area contributed by atoms with Crippen LogP contribution < -0.4 is 0 Å². The Morgan fingerprint density at radius 2 is 1.62 bits per heavy atom. The van der Waals surface area contributed by atoms with Gasteiger partial charge in [-0.3, -0.25) is 4.57 Å². The number of hydrogen-bond donors (Lipinski definition) is 0. The summed E-state index contributed by atoms with van der Waals surface area (Å²) in [6.07, 6.45) is 7.74. The van der Waals surface area contributed by atoms with Crippen LogP contribution in [0.4, 0.5) is 0 Å². The number of allylic oxidation sites excluding steroid dienone is 1. The highest BCUT2D eigenvalue weighted by atomic mass is 31.2. The topological polar surface area (TPSA) is 35.5 Å². The minimum absolute atomic E-state index is 0.414. The molecule has 0 N–H and O–H groups in total. The van der Waals surface area contributed by atoms with E-state index in [-0.39, 0.29) is 0 Å². The zero-order valence-corrected chi connectivity index (χ0v) is 11.7. The molecule has 0 unspecified atom stereocenters. The molecular formula is C12H25O3P. The molecule has 0 aliphatic heterocycles. The van der Waals surface area contributed by atoms with Crippen LogP contribution in [0.2, 0.25) is 0 Å². The molecule has 0 rings (SSSR count). The Kier molecular flexibility index (Phi) is 10.0. The van der Waals surface area contributed by atoms with E-state index in [1.165, 1.54) is 19.3 Å². The molecular weight excluding hydrogens is 223 g/mol. The lowest BCUT2D eigenvalue weighted by atomic mass is 10.2. The van der Waals surface area contributed by atoms with E-state index in [4.69, 9.17) is 9.05 Å². The minimum Gasteiger partial charge on any atom is -0.306 e. The second-order valence-electron chi connectivity index (χ2n) is 3.61. The second kappa shape index (κ2) is 10.1. The summed E-state index contributed by atoms with van der Waals surface area (Å²) in [7, 11) is -2.96. The highest BCUT2D eigenvalue weighted by molar-refractivity contribution is 7.57. The molecule has 0 aliphatic rings. The molecule has 0 aromatic rings. The van der Waals surface area contributed by atoms with Gasteiger partial charge in [0.2, 0.25) is 0 Å². The van der Waals surface area contributed by atoms with Gasteiger partial charge in [0.1, 0.15) is 0 Å². The zero-order valence-electron chi connectivity index (χ0n) is 10.8. The van der Waals surface area contributed by atoms with Gasteiger partial charge in [0.25, 0.3) is 0 Å². The van der Waals surface area contributed by atoms with Crippen LogP contribution in [0.25, 0.3) is 0 Å². The molecule has 0 atom stereocenters. The van der Waals surface area contributed by atoms with E-state index in [1.807, 2.05) is 19.9 Å². The van der Waals surface area contributed by atoms with Crippen molar-refractivity contribution in [2.24, 2.45) is 0 Å². The molecule has 16 heavy (non-hydrogen) atoms. The van der Waals surface area contributed by atoms with Crippen molar-refractivity contribution in [1.82, 2.24) is 0 Å². The van der Waals surface area contributed by atoms with Gasteiger partial charge in [0.15, 0.2) is 0 Å². The van der Waals surface area contributed by atoms with Crippen molar-refractivity contribution in [2.45, 2.75) is 52.9 Å². The standard InChI is InChI=1S/C12H25O3P/c1-4-7-8-9-10-11-12-16(13,14-5-2)15-6-3/h11-12H,4-10H2,1-3H3/b12-11+. The molecule has 0 heterocycles. The maximum Gasteiger partial charge on any atom is 0.353 e. The maximum absolute atomic E-state index is 12.0. The summed E-state index contributed by atoms with van der Waals surface area (Å²) in [6, 6.07) is 0.